The fourth-order valence-corrected chi connectivity index (χ4v) is 2.02. The van der Waals surface area contributed by atoms with Crippen molar-refractivity contribution >= 4 is 11.8 Å². The lowest BCUT2D eigenvalue weighted by molar-refractivity contribution is -0.137. The van der Waals surface area contributed by atoms with E-state index in [9.17, 15) is 22.8 Å². The Balaban J connectivity index is 1.79. The Kier molecular flexibility index (Phi) is 5.74. The minimum atomic E-state index is -4.44. The van der Waals surface area contributed by atoms with Crippen LogP contribution in [0.25, 0.3) is 0 Å². The predicted molar refractivity (Wildman–Crippen MR) is 85.1 cm³/mol. The van der Waals surface area contributed by atoms with E-state index in [0.717, 1.165) is 24.3 Å². The summed E-state index contributed by atoms with van der Waals surface area (Å²) in [6.07, 6.45) is -4.44. The Hall–Kier alpha value is -2.90. The van der Waals surface area contributed by atoms with E-state index in [1.165, 1.54) is 0 Å². The highest BCUT2D eigenvalue weighted by Crippen LogP contribution is 2.28. The molecule has 2 rings (SSSR count). The summed E-state index contributed by atoms with van der Waals surface area (Å²) in [5, 5.41) is 5.12. The molecule has 0 aliphatic rings. The Labute approximate surface area is 142 Å². The van der Waals surface area contributed by atoms with Gasteiger partial charge in [0, 0.05) is 24.3 Å². The summed E-state index contributed by atoms with van der Waals surface area (Å²) in [6, 6.07) is 8.95. The van der Waals surface area contributed by atoms with Crippen molar-refractivity contribution in [2.45, 2.75) is 13.1 Å². The lowest BCUT2D eigenvalue weighted by Gasteiger charge is -2.09. The number of halogens is 3. The third-order valence-corrected chi connectivity index (χ3v) is 3.29. The number of pyridine rings is 1. The largest absolute Gasteiger partial charge is 0.416 e. The molecule has 25 heavy (non-hydrogen) atoms. The van der Waals surface area contributed by atoms with Crippen LogP contribution in [0.4, 0.5) is 13.2 Å². The summed E-state index contributed by atoms with van der Waals surface area (Å²) in [5.41, 5.74) is 0.277. The van der Waals surface area contributed by atoms with Crippen molar-refractivity contribution in [2.24, 2.45) is 0 Å². The lowest BCUT2D eigenvalue weighted by atomic mass is 10.1. The van der Waals surface area contributed by atoms with Gasteiger partial charge in [0.2, 0.25) is 0 Å². The second-order valence-corrected chi connectivity index (χ2v) is 5.25. The molecule has 0 unspecified atom stereocenters. The Morgan fingerprint density at radius 1 is 0.960 bits per heavy atom. The first-order valence-corrected chi connectivity index (χ1v) is 7.44. The van der Waals surface area contributed by atoms with Gasteiger partial charge < -0.3 is 10.6 Å². The summed E-state index contributed by atoms with van der Waals surface area (Å²) in [5.74, 6) is -0.885. The topological polar surface area (TPSA) is 71.1 Å². The van der Waals surface area contributed by atoms with Crippen molar-refractivity contribution in [3.05, 3.63) is 65.0 Å². The molecule has 8 heteroatoms. The molecule has 2 amide bonds. The molecule has 5 nitrogen and oxygen atoms in total. The molecule has 0 saturated heterocycles. The summed E-state index contributed by atoms with van der Waals surface area (Å²) in [7, 11) is 0. The second-order valence-electron chi connectivity index (χ2n) is 5.25. The second kappa shape index (κ2) is 7.78. The SMILES string of the molecule is Cc1cccc(C(=O)NCCNC(=O)c2ccc(C(F)(F)F)cc2)n1. The first kappa shape index (κ1) is 18.4. The number of amides is 2. The first-order valence-electron chi connectivity index (χ1n) is 7.44. The monoisotopic (exact) mass is 351 g/mol. The van der Waals surface area contributed by atoms with Gasteiger partial charge in [-0.25, -0.2) is 4.98 Å². The van der Waals surface area contributed by atoms with E-state index in [2.05, 4.69) is 15.6 Å². The third-order valence-electron chi connectivity index (χ3n) is 3.29. The molecule has 0 bridgehead atoms. The Bertz CT molecular complexity index is 758. The zero-order valence-corrected chi connectivity index (χ0v) is 13.4. The van der Waals surface area contributed by atoms with Gasteiger partial charge in [0.15, 0.2) is 0 Å². The number of alkyl halides is 3. The molecule has 0 spiro atoms. The molecule has 1 heterocycles. The van der Waals surface area contributed by atoms with Gasteiger partial charge in [-0.1, -0.05) is 6.07 Å². The maximum absolute atomic E-state index is 12.5. The summed E-state index contributed by atoms with van der Waals surface area (Å²) in [4.78, 5) is 27.8. The molecule has 132 valence electrons. The lowest BCUT2D eigenvalue weighted by Crippen LogP contribution is -2.35. The van der Waals surface area contributed by atoms with Gasteiger partial charge in [0.1, 0.15) is 5.69 Å². The maximum atomic E-state index is 12.5. The van der Waals surface area contributed by atoms with Crippen LogP contribution in [0.1, 0.15) is 32.1 Å². The molecule has 2 N–H and O–H groups in total. The van der Waals surface area contributed by atoms with E-state index in [1.807, 2.05) is 0 Å². The fraction of sp³-hybridized carbons (Fsp3) is 0.235. The van der Waals surface area contributed by atoms with Crippen molar-refractivity contribution in [3.8, 4) is 0 Å². The van der Waals surface area contributed by atoms with E-state index in [1.54, 1.807) is 25.1 Å². The summed E-state index contributed by atoms with van der Waals surface area (Å²) >= 11 is 0. The highest BCUT2D eigenvalue weighted by atomic mass is 19.4. The van der Waals surface area contributed by atoms with E-state index in [-0.39, 0.29) is 30.3 Å². The zero-order valence-electron chi connectivity index (χ0n) is 13.4. The van der Waals surface area contributed by atoms with Crippen LogP contribution in [0, 0.1) is 6.92 Å². The van der Waals surface area contributed by atoms with Crippen LogP contribution < -0.4 is 10.6 Å². The number of hydrogen-bond donors (Lipinski definition) is 2. The van der Waals surface area contributed by atoms with Gasteiger partial charge in [0.25, 0.3) is 11.8 Å². The standard InChI is InChI=1S/C17H16F3N3O2/c1-11-3-2-4-14(23-11)16(25)22-10-9-21-15(24)12-5-7-13(8-6-12)17(18,19)20/h2-8H,9-10H2,1H3,(H,21,24)(H,22,25). The quantitative estimate of drug-likeness (QED) is 0.814. The van der Waals surface area contributed by atoms with Crippen molar-refractivity contribution in [3.63, 3.8) is 0 Å². The average Bonchev–Trinajstić information content (AvgIpc) is 2.57. The predicted octanol–water partition coefficient (Wildman–Crippen LogP) is 2.57. The van der Waals surface area contributed by atoms with Gasteiger partial charge in [-0.2, -0.15) is 13.2 Å². The van der Waals surface area contributed by atoms with Crippen LogP contribution in [0.2, 0.25) is 0 Å². The molecule has 0 radical (unpaired) electrons. The van der Waals surface area contributed by atoms with E-state index < -0.39 is 17.6 Å². The van der Waals surface area contributed by atoms with E-state index in [0.29, 0.717) is 5.69 Å². The Morgan fingerprint density at radius 2 is 1.56 bits per heavy atom. The maximum Gasteiger partial charge on any atom is 0.416 e. The number of aromatic nitrogens is 1. The van der Waals surface area contributed by atoms with Crippen LogP contribution >= 0.6 is 0 Å². The van der Waals surface area contributed by atoms with Crippen LogP contribution in [-0.4, -0.2) is 29.9 Å². The summed E-state index contributed by atoms with van der Waals surface area (Å²) in [6.45, 7) is 2.07. The number of rotatable bonds is 5. The van der Waals surface area contributed by atoms with Gasteiger partial charge in [-0.05, 0) is 43.3 Å². The molecule has 0 aliphatic heterocycles. The molecular weight excluding hydrogens is 335 g/mol. The molecule has 1 aromatic carbocycles. The average molecular weight is 351 g/mol. The molecule has 0 saturated carbocycles. The number of aryl methyl sites for hydroxylation is 1. The molecular formula is C17H16F3N3O2. The summed E-state index contributed by atoms with van der Waals surface area (Å²) < 4.78 is 37.4. The van der Waals surface area contributed by atoms with Crippen LogP contribution in [0.3, 0.4) is 0 Å². The van der Waals surface area contributed by atoms with Crippen LogP contribution in [0.5, 0.6) is 0 Å². The number of nitrogens with one attached hydrogen (secondary N) is 2. The number of carbonyl (C=O) groups is 2. The molecule has 0 fully saturated rings. The van der Waals surface area contributed by atoms with Crippen LogP contribution in [0.15, 0.2) is 42.5 Å². The number of hydrogen-bond acceptors (Lipinski definition) is 3. The first-order chi connectivity index (χ1) is 11.8. The highest BCUT2D eigenvalue weighted by molar-refractivity contribution is 5.94. The molecule has 0 aliphatic carbocycles. The minimum Gasteiger partial charge on any atom is -0.350 e. The fourth-order valence-electron chi connectivity index (χ4n) is 2.02. The van der Waals surface area contributed by atoms with Crippen molar-refractivity contribution in [1.29, 1.82) is 0 Å². The van der Waals surface area contributed by atoms with E-state index >= 15 is 0 Å². The van der Waals surface area contributed by atoms with Gasteiger partial charge in [-0.3, -0.25) is 9.59 Å². The number of carbonyl (C=O) groups excluding carboxylic acids is 2. The Morgan fingerprint density at radius 3 is 2.12 bits per heavy atom. The smallest absolute Gasteiger partial charge is 0.350 e. The zero-order chi connectivity index (χ0) is 18.4. The molecule has 2 aromatic rings. The van der Waals surface area contributed by atoms with Gasteiger partial charge >= 0.3 is 6.18 Å². The normalized spacial score (nSPS) is 11.0. The van der Waals surface area contributed by atoms with Gasteiger partial charge in [0.05, 0.1) is 5.56 Å². The number of benzene rings is 1. The van der Waals surface area contributed by atoms with Crippen molar-refractivity contribution in [1.82, 2.24) is 15.6 Å². The van der Waals surface area contributed by atoms with Crippen molar-refractivity contribution in [2.75, 3.05) is 13.1 Å². The molecule has 1 aromatic heterocycles. The highest BCUT2D eigenvalue weighted by Gasteiger charge is 2.30. The molecule has 0 atom stereocenters. The minimum absolute atomic E-state index is 0.111. The number of nitrogens with zero attached hydrogens (tertiary/aromatic N) is 1. The van der Waals surface area contributed by atoms with Gasteiger partial charge in [-0.15, -0.1) is 0 Å². The third kappa shape index (κ3) is 5.30. The van der Waals surface area contributed by atoms with E-state index in [4.69, 9.17) is 0 Å². The van der Waals surface area contributed by atoms with Crippen molar-refractivity contribution < 1.29 is 22.8 Å². The van der Waals surface area contributed by atoms with Crippen LogP contribution in [-0.2, 0) is 6.18 Å².